The van der Waals surface area contributed by atoms with Crippen molar-refractivity contribution in [2.24, 2.45) is 7.05 Å². The number of carbonyl (C=O) groups excluding carboxylic acids is 2. The smallest absolute Gasteiger partial charge is 0.263 e. The Bertz CT molecular complexity index is 819. The number of aromatic nitrogens is 3. The number of amides is 2. The number of aryl methyl sites for hydroxylation is 2. The molecule has 0 aromatic carbocycles. The molecule has 2 N–H and O–H groups in total. The molecule has 0 aliphatic heterocycles. The van der Waals surface area contributed by atoms with Gasteiger partial charge in [-0.15, -0.1) is 0 Å². The molecular weight excluding hydrogens is 298 g/mol. The van der Waals surface area contributed by atoms with Crippen LogP contribution in [0.3, 0.4) is 0 Å². The van der Waals surface area contributed by atoms with Crippen LogP contribution in [0.1, 0.15) is 21.6 Å². The number of pyridine rings is 1. The Kier molecular flexibility index (Phi) is 4.63. The lowest BCUT2D eigenvalue weighted by Crippen LogP contribution is -2.30. The molecule has 0 saturated heterocycles. The minimum atomic E-state index is -0.498. The van der Waals surface area contributed by atoms with Gasteiger partial charge in [0.1, 0.15) is 12.1 Å². The lowest BCUT2D eigenvalue weighted by atomic mass is 10.1. The summed E-state index contributed by atoms with van der Waals surface area (Å²) in [6.45, 7) is 3.58. The molecule has 2 aromatic rings. The average molecular weight is 317 g/mol. The zero-order chi connectivity index (χ0) is 17.1. The minimum Gasteiger partial charge on any atom is -0.358 e. The topological polar surface area (TPSA) is 98.0 Å². The van der Waals surface area contributed by atoms with Crippen molar-refractivity contribution < 1.29 is 9.59 Å². The fraction of sp³-hybridized carbons (Fsp3) is 0.333. The van der Waals surface area contributed by atoms with E-state index in [0.29, 0.717) is 11.3 Å². The van der Waals surface area contributed by atoms with E-state index in [1.165, 1.54) is 28.7 Å². The number of nitrogens with one attached hydrogen (secondary N) is 2. The van der Waals surface area contributed by atoms with E-state index in [9.17, 15) is 14.4 Å². The molecule has 0 fully saturated rings. The van der Waals surface area contributed by atoms with Crippen LogP contribution in [0.2, 0.25) is 0 Å². The Morgan fingerprint density at radius 2 is 2.00 bits per heavy atom. The summed E-state index contributed by atoms with van der Waals surface area (Å²) >= 11 is 0. The second kappa shape index (κ2) is 6.47. The lowest BCUT2D eigenvalue weighted by Gasteiger charge is -2.10. The third kappa shape index (κ3) is 3.47. The van der Waals surface area contributed by atoms with Crippen LogP contribution in [0, 0.1) is 13.8 Å². The summed E-state index contributed by atoms with van der Waals surface area (Å²) in [5.41, 5.74) is 1.55. The highest BCUT2D eigenvalue weighted by molar-refractivity contribution is 6.04. The number of likely N-dealkylation sites (N-methyl/N-ethyl adjacent to an activating group) is 1. The highest BCUT2D eigenvalue weighted by Gasteiger charge is 2.17. The van der Waals surface area contributed by atoms with Gasteiger partial charge in [-0.25, -0.2) is 0 Å². The molecule has 8 nitrogen and oxygen atoms in total. The van der Waals surface area contributed by atoms with Gasteiger partial charge in [-0.1, -0.05) is 0 Å². The van der Waals surface area contributed by atoms with Crippen molar-refractivity contribution in [3.63, 3.8) is 0 Å². The zero-order valence-corrected chi connectivity index (χ0v) is 13.5. The molecule has 0 aliphatic rings. The molecule has 0 unspecified atom stereocenters. The number of anilines is 1. The summed E-state index contributed by atoms with van der Waals surface area (Å²) in [4.78, 5) is 35.9. The summed E-state index contributed by atoms with van der Waals surface area (Å²) in [6.07, 6.45) is 2.95. The van der Waals surface area contributed by atoms with Crippen LogP contribution in [0.25, 0.3) is 0 Å². The summed E-state index contributed by atoms with van der Waals surface area (Å²) in [6, 6.07) is 1.78. The Balaban J connectivity index is 2.22. The van der Waals surface area contributed by atoms with Gasteiger partial charge in [-0.05, 0) is 25.5 Å². The van der Waals surface area contributed by atoms with Crippen molar-refractivity contribution in [3.05, 3.63) is 45.6 Å². The highest BCUT2D eigenvalue weighted by atomic mass is 16.2. The van der Waals surface area contributed by atoms with Gasteiger partial charge in [-0.2, -0.15) is 5.10 Å². The lowest BCUT2D eigenvalue weighted by molar-refractivity contribution is -0.121. The van der Waals surface area contributed by atoms with Crippen LogP contribution in [0.15, 0.2) is 23.3 Å². The number of nitrogens with zero attached hydrogens (tertiary/aromatic N) is 3. The highest BCUT2D eigenvalue weighted by Crippen LogP contribution is 2.10. The Hall–Kier alpha value is -2.90. The molecule has 0 bridgehead atoms. The zero-order valence-electron chi connectivity index (χ0n) is 13.5. The van der Waals surface area contributed by atoms with Crippen LogP contribution in [0.5, 0.6) is 0 Å². The van der Waals surface area contributed by atoms with E-state index in [2.05, 4.69) is 15.7 Å². The van der Waals surface area contributed by atoms with Crippen LogP contribution < -0.4 is 16.2 Å². The van der Waals surface area contributed by atoms with E-state index in [-0.39, 0.29) is 23.6 Å². The van der Waals surface area contributed by atoms with E-state index >= 15 is 0 Å². The second-order valence-electron chi connectivity index (χ2n) is 5.26. The SMILES string of the molecule is CNC(=O)Cn1cc(NC(=O)c2c(C)cc(C)n(C)c2=O)cn1. The van der Waals surface area contributed by atoms with E-state index in [1.54, 1.807) is 27.0 Å². The first kappa shape index (κ1) is 16.5. The molecule has 0 aliphatic carbocycles. The van der Waals surface area contributed by atoms with Gasteiger partial charge >= 0.3 is 0 Å². The van der Waals surface area contributed by atoms with Gasteiger partial charge in [-0.3, -0.25) is 19.1 Å². The fourth-order valence-electron chi connectivity index (χ4n) is 2.19. The van der Waals surface area contributed by atoms with Gasteiger partial charge in [0.05, 0.1) is 11.9 Å². The van der Waals surface area contributed by atoms with E-state index in [1.807, 2.05) is 0 Å². The Morgan fingerprint density at radius 3 is 2.65 bits per heavy atom. The van der Waals surface area contributed by atoms with Crippen LogP contribution >= 0.6 is 0 Å². The quantitative estimate of drug-likeness (QED) is 0.841. The van der Waals surface area contributed by atoms with Gasteiger partial charge < -0.3 is 15.2 Å². The molecule has 23 heavy (non-hydrogen) atoms. The van der Waals surface area contributed by atoms with Gasteiger partial charge in [0, 0.05) is 26.0 Å². The minimum absolute atomic E-state index is 0.0533. The van der Waals surface area contributed by atoms with Crippen LogP contribution in [-0.2, 0) is 18.4 Å². The molecule has 2 amide bonds. The predicted molar refractivity (Wildman–Crippen MR) is 85.4 cm³/mol. The first-order valence-electron chi connectivity index (χ1n) is 7.05. The van der Waals surface area contributed by atoms with Crippen molar-refractivity contribution in [1.29, 1.82) is 0 Å². The van der Waals surface area contributed by atoms with Gasteiger partial charge in [0.25, 0.3) is 11.5 Å². The molecule has 0 atom stereocenters. The average Bonchev–Trinajstić information content (AvgIpc) is 2.91. The maximum absolute atomic E-state index is 12.4. The van der Waals surface area contributed by atoms with Crippen LogP contribution in [0.4, 0.5) is 5.69 Å². The molecule has 0 radical (unpaired) electrons. The number of hydrogen-bond donors (Lipinski definition) is 2. The summed E-state index contributed by atoms with van der Waals surface area (Å²) in [5, 5.41) is 9.10. The molecular formula is C15H19N5O3. The van der Waals surface area contributed by atoms with Crippen LogP contribution in [-0.4, -0.2) is 33.2 Å². The first-order valence-corrected chi connectivity index (χ1v) is 7.05. The van der Waals surface area contributed by atoms with Crippen molar-refractivity contribution >= 4 is 17.5 Å². The second-order valence-corrected chi connectivity index (χ2v) is 5.26. The van der Waals surface area contributed by atoms with Crippen molar-refractivity contribution in [1.82, 2.24) is 19.7 Å². The summed E-state index contributed by atoms with van der Waals surface area (Å²) in [5.74, 6) is -0.697. The number of carbonyl (C=O) groups is 2. The molecule has 0 saturated carbocycles. The van der Waals surface area contributed by atoms with Crippen molar-refractivity contribution in [2.45, 2.75) is 20.4 Å². The molecule has 0 spiro atoms. The molecule has 122 valence electrons. The summed E-state index contributed by atoms with van der Waals surface area (Å²) < 4.78 is 2.82. The Labute approximate surface area is 133 Å². The van der Waals surface area contributed by atoms with Crippen molar-refractivity contribution in [3.8, 4) is 0 Å². The normalized spacial score (nSPS) is 10.4. The largest absolute Gasteiger partial charge is 0.358 e. The summed E-state index contributed by atoms with van der Waals surface area (Å²) in [7, 11) is 3.15. The standard InChI is InChI=1S/C15H19N5O3/c1-9-5-10(2)19(4)15(23)13(9)14(22)18-11-6-17-20(7-11)8-12(21)16-3/h5-7H,8H2,1-4H3,(H,16,21)(H,18,22). The Morgan fingerprint density at radius 1 is 1.30 bits per heavy atom. The number of rotatable bonds is 4. The molecule has 2 aromatic heterocycles. The molecule has 2 heterocycles. The van der Waals surface area contributed by atoms with E-state index in [4.69, 9.17) is 0 Å². The van der Waals surface area contributed by atoms with Crippen molar-refractivity contribution in [2.75, 3.05) is 12.4 Å². The van der Waals surface area contributed by atoms with E-state index in [0.717, 1.165) is 5.69 Å². The third-order valence-corrected chi connectivity index (χ3v) is 3.57. The van der Waals surface area contributed by atoms with Gasteiger partial charge in [0.2, 0.25) is 5.91 Å². The first-order chi connectivity index (χ1) is 10.8. The predicted octanol–water partition coefficient (Wildman–Crippen LogP) is 0.197. The third-order valence-electron chi connectivity index (χ3n) is 3.57. The monoisotopic (exact) mass is 317 g/mol. The van der Waals surface area contributed by atoms with Gasteiger partial charge in [0.15, 0.2) is 0 Å². The maximum atomic E-state index is 12.4. The maximum Gasteiger partial charge on any atom is 0.263 e. The fourth-order valence-corrected chi connectivity index (χ4v) is 2.19. The van der Waals surface area contributed by atoms with E-state index < -0.39 is 5.91 Å². The molecule has 8 heteroatoms. The number of hydrogen-bond acceptors (Lipinski definition) is 4. The molecule has 2 rings (SSSR count).